The average molecular weight is 219 g/mol. The van der Waals surface area contributed by atoms with Crippen molar-refractivity contribution in [2.24, 2.45) is 5.92 Å². The Morgan fingerprint density at radius 3 is 2.43 bits per heavy atom. The second kappa shape index (κ2) is 4.62. The lowest BCUT2D eigenvalue weighted by Crippen LogP contribution is -2.36. The zero-order valence-corrected chi connectivity index (χ0v) is 10.1. The Hall–Kier alpha value is -0.0900. The molecule has 0 aliphatic heterocycles. The van der Waals surface area contributed by atoms with Crippen LogP contribution in [0.1, 0.15) is 33.6 Å². The molecule has 0 aromatic heterocycles. The molecule has 0 aromatic rings. The van der Waals surface area contributed by atoms with Crippen molar-refractivity contribution in [3.63, 3.8) is 0 Å². The average Bonchev–Trinajstić information content (AvgIpc) is 2.50. The van der Waals surface area contributed by atoms with Crippen LogP contribution in [0.2, 0.25) is 0 Å². The van der Waals surface area contributed by atoms with Gasteiger partial charge in [-0.2, -0.15) is 0 Å². The van der Waals surface area contributed by atoms with E-state index in [2.05, 4.69) is 19.2 Å². The molecule has 0 amide bonds. The molecule has 0 spiro atoms. The minimum absolute atomic E-state index is 0.114. The number of hydrogen-bond acceptors (Lipinski definition) is 3. The van der Waals surface area contributed by atoms with Crippen molar-refractivity contribution in [2.75, 3.05) is 12.3 Å². The van der Waals surface area contributed by atoms with Gasteiger partial charge in [0.05, 0.1) is 5.25 Å². The molecular weight excluding hydrogens is 198 g/mol. The summed E-state index contributed by atoms with van der Waals surface area (Å²) in [6.45, 7) is 6.78. The van der Waals surface area contributed by atoms with Crippen molar-refractivity contribution in [1.82, 2.24) is 5.32 Å². The molecular formula is C10H21NO2S. The van der Waals surface area contributed by atoms with Gasteiger partial charge in [-0.25, -0.2) is 8.42 Å². The second-order valence-corrected chi connectivity index (χ2v) is 6.60. The number of rotatable bonds is 4. The summed E-state index contributed by atoms with van der Waals surface area (Å²) in [5.41, 5.74) is 0. The summed E-state index contributed by atoms with van der Waals surface area (Å²) >= 11 is 0. The molecule has 14 heavy (non-hydrogen) atoms. The quantitative estimate of drug-likeness (QED) is 0.773. The van der Waals surface area contributed by atoms with Gasteiger partial charge in [0, 0.05) is 11.8 Å². The molecule has 3 unspecified atom stereocenters. The Balaban J connectivity index is 2.68. The summed E-state index contributed by atoms with van der Waals surface area (Å²) in [5.74, 6) is 0.542. The highest BCUT2D eigenvalue weighted by Crippen LogP contribution is 2.31. The predicted octanol–water partition coefficient (Wildman–Crippen LogP) is 1.20. The molecule has 0 saturated heterocycles. The van der Waals surface area contributed by atoms with Crippen LogP contribution in [-0.4, -0.2) is 32.0 Å². The first-order chi connectivity index (χ1) is 6.53. The maximum atomic E-state index is 11.7. The van der Waals surface area contributed by atoms with E-state index in [4.69, 9.17) is 0 Å². The number of hydrogen-bond donors (Lipinski definition) is 1. The summed E-state index contributed by atoms with van der Waals surface area (Å²) in [7, 11) is -2.84. The van der Waals surface area contributed by atoms with Gasteiger partial charge >= 0.3 is 0 Å². The van der Waals surface area contributed by atoms with E-state index in [9.17, 15) is 8.42 Å². The van der Waals surface area contributed by atoms with Crippen molar-refractivity contribution in [2.45, 2.75) is 44.9 Å². The molecule has 0 aromatic carbocycles. The van der Waals surface area contributed by atoms with Crippen LogP contribution >= 0.6 is 0 Å². The second-order valence-electron chi connectivity index (χ2n) is 4.09. The molecule has 3 atom stereocenters. The number of nitrogens with one attached hydrogen (secondary N) is 1. The van der Waals surface area contributed by atoms with E-state index >= 15 is 0 Å². The zero-order chi connectivity index (χ0) is 10.8. The van der Waals surface area contributed by atoms with E-state index in [-0.39, 0.29) is 16.9 Å². The molecule has 4 heteroatoms. The van der Waals surface area contributed by atoms with Crippen LogP contribution in [0.25, 0.3) is 0 Å². The van der Waals surface area contributed by atoms with Crippen LogP contribution in [-0.2, 0) is 9.84 Å². The summed E-state index contributed by atoms with van der Waals surface area (Å²) < 4.78 is 23.5. The summed E-state index contributed by atoms with van der Waals surface area (Å²) in [6, 6.07) is 0.395. The zero-order valence-electron chi connectivity index (χ0n) is 9.29. The minimum Gasteiger partial charge on any atom is -0.314 e. The molecule has 1 rings (SSSR count). The highest BCUT2D eigenvalue weighted by atomic mass is 32.2. The van der Waals surface area contributed by atoms with Gasteiger partial charge in [-0.1, -0.05) is 20.8 Å². The van der Waals surface area contributed by atoms with Gasteiger partial charge in [0.1, 0.15) is 0 Å². The van der Waals surface area contributed by atoms with E-state index in [1.54, 1.807) is 6.92 Å². The predicted molar refractivity (Wildman–Crippen MR) is 59.1 cm³/mol. The van der Waals surface area contributed by atoms with Crippen molar-refractivity contribution < 1.29 is 8.42 Å². The van der Waals surface area contributed by atoms with Gasteiger partial charge < -0.3 is 5.32 Å². The lowest BCUT2D eigenvalue weighted by atomic mass is 10.1. The topological polar surface area (TPSA) is 46.2 Å². The monoisotopic (exact) mass is 219 g/mol. The minimum atomic E-state index is -2.84. The maximum Gasteiger partial charge on any atom is 0.153 e. The Kier molecular flexibility index (Phi) is 3.95. The summed E-state index contributed by atoms with van der Waals surface area (Å²) in [6.07, 6.45) is 1.83. The largest absolute Gasteiger partial charge is 0.314 e. The fraction of sp³-hybridized carbons (Fsp3) is 1.00. The smallest absolute Gasteiger partial charge is 0.153 e. The van der Waals surface area contributed by atoms with Crippen molar-refractivity contribution in [1.29, 1.82) is 0 Å². The van der Waals surface area contributed by atoms with Crippen LogP contribution in [0.4, 0.5) is 0 Å². The van der Waals surface area contributed by atoms with Gasteiger partial charge in [0.2, 0.25) is 0 Å². The fourth-order valence-corrected chi connectivity index (χ4v) is 4.17. The Morgan fingerprint density at radius 1 is 1.29 bits per heavy atom. The SMILES string of the molecule is CCNC1CCC(S(=O)(=O)CC)C1C. The first kappa shape index (κ1) is 12.0. The van der Waals surface area contributed by atoms with Crippen molar-refractivity contribution >= 4 is 9.84 Å². The van der Waals surface area contributed by atoms with Gasteiger partial charge in [-0.3, -0.25) is 0 Å². The van der Waals surface area contributed by atoms with Crippen LogP contribution in [0.15, 0.2) is 0 Å². The maximum absolute atomic E-state index is 11.7. The number of sulfone groups is 1. The third-order valence-corrected chi connectivity index (χ3v) is 5.71. The van der Waals surface area contributed by atoms with Crippen LogP contribution in [0.3, 0.4) is 0 Å². The van der Waals surface area contributed by atoms with Gasteiger partial charge in [0.25, 0.3) is 0 Å². The first-order valence-electron chi connectivity index (χ1n) is 5.47. The third-order valence-electron chi connectivity index (χ3n) is 3.31. The van der Waals surface area contributed by atoms with E-state index in [1.165, 1.54) is 0 Å². The van der Waals surface area contributed by atoms with E-state index < -0.39 is 9.84 Å². The fourth-order valence-electron chi connectivity index (χ4n) is 2.40. The van der Waals surface area contributed by atoms with E-state index in [0.29, 0.717) is 6.04 Å². The Labute approximate surface area is 87.2 Å². The van der Waals surface area contributed by atoms with Crippen LogP contribution in [0, 0.1) is 5.92 Å². The Bertz CT molecular complexity index is 274. The lowest BCUT2D eigenvalue weighted by Gasteiger charge is -2.20. The molecule has 1 aliphatic rings. The van der Waals surface area contributed by atoms with Gasteiger partial charge in [0.15, 0.2) is 9.84 Å². The van der Waals surface area contributed by atoms with Crippen molar-refractivity contribution in [3.8, 4) is 0 Å². The molecule has 1 fully saturated rings. The normalized spacial score (nSPS) is 33.5. The molecule has 84 valence electrons. The molecule has 0 bridgehead atoms. The van der Waals surface area contributed by atoms with Gasteiger partial charge in [-0.15, -0.1) is 0 Å². The summed E-state index contributed by atoms with van der Waals surface area (Å²) in [5, 5.41) is 3.24. The molecule has 1 aliphatic carbocycles. The molecule has 0 radical (unpaired) electrons. The summed E-state index contributed by atoms with van der Waals surface area (Å²) in [4.78, 5) is 0. The van der Waals surface area contributed by atoms with Gasteiger partial charge in [-0.05, 0) is 25.3 Å². The lowest BCUT2D eigenvalue weighted by molar-refractivity contribution is 0.433. The van der Waals surface area contributed by atoms with Crippen LogP contribution in [0.5, 0.6) is 0 Å². The highest BCUT2D eigenvalue weighted by Gasteiger charge is 2.39. The molecule has 3 nitrogen and oxygen atoms in total. The Morgan fingerprint density at radius 2 is 1.93 bits per heavy atom. The highest BCUT2D eigenvalue weighted by molar-refractivity contribution is 7.92. The third kappa shape index (κ3) is 2.28. The first-order valence-corrected chi connectivity index (χ1v) is 7.19. The van der Waals surface area contributed by atoms with Crippen molar-refractivity contribution in [3.05, 3.63) is 0 Å². The standard InChI is InChI=1S/C10H21NO2S/c1-4-11-9-6-7-10(8(9)3)14(12,13)5-2/h8-11H,4-7H2,1-3H3. The van der Waals surface area contributed by atoms with E-state index in [0.717, 1.165) is 19.4 Å². The van der Waals surface area contributed by atoms with Crippen LogP contribution < -0.4 is 5.32 Å². The molecule has 1 N–H and O–H groups in total. The molecule has 0 heterocycles. The molecule has 1 saturated carbocycles. The van der Waals surface area contributed by atoms with E-state index in [1.807, 2.05) is 0 Å².